The van der Waals surface area contributed by atoms with Gasteiger partial charge in [-0.05, 0) is 30.2 Å². The van der Waals surface area contributed by atoms with Crippen LogP contribution >= 0.6 is 0 Å². The number of aliphatic hydroxyl groups is 1. The monoisotopic (exact) mass is 359 g/mol. The Hall–Kier alpha value is -2.45. The van der Waals surface area contributed by atoms with E-state index in [9.17, 15) is 19.5 Å². The Kier molecular flexibility index (Phi) is 4.37. The fraction of sp³-hybridized carbons (Fsp3) is 0.500. The van der Waals surface area contributed by atoms with Gasteiger partial charge in [0.05, 0.1) is 6.10 Å². The van der Waals surface area contributed by atoms with Crippen LogP contribution in [0.3, 0.4) is 0 Å². The van der Waals surface area contributed by atoms with Gasteiger partial charge in [-0.1, -0.05) is 0 Å². The van der Waals surface area contributed by atoms with Gasteiger partial charge < -0.3 is 14.7 Å². The molecule has 3 amide bonds. The molecule has 26 heavy (non-hydrogen) atoms. The molecule has 2 N–H and O–H groups in total. The number of piperidine rings is 1. The SMILES string of the molecule is O=C1CCC(N2Cc3cc(OCCN4CC(O)C4)ccc3C2=O)C(=O)N1. The second-order valence-electron chi connectivity index (χ2n) is 6.98. The van der Waals surface area contributed by atoms with E-state index in [-0.39, 0.29) is 24.3 Å². The van der Waals surface area contributed by atoms with Crippen molar-refractivity contribution in [1.82, 2.24) is 15.1 Å². The number of likely N-dealkylation sites (tertiary alicyclic amines) is 1. The van der Waals surface area contributed by atoms with Crippen molar-refractivity contribution in [3.63, 3.8) is 0 Å². The first kappa shape index (κ1) is 17.0. The molecule has 1 aromatic rings. The maximum Gasteiger partial charge on any atom is 0.255 e. The first-order chi connectivity index (χ1) is 12.5. The summed E-state index contributed by atoms with van der Waals surface area (Å²) >= 11 is 0. The van der Waals surface area contributed by atoms with Crippen LogP contribution in [-0.4, -0.2) is 71.0 Å². The summed E-state index contributed by atoms with van der Waals surface area (Å²) in [4.78, 5) is 39.6. The molecule has 8 nitrogen and oxygen atoms in total. The molecule has 8 heteroatoms. The van der Waals surface area contributed by atoms with Crippen molar-refractivity contribution in [2.24, 2.45) is 0 Å². The normalized spacial score (nSPS) is 23.7. The van der Waals surface area contributed by atoms with Crippen molar-refractivity contribution in [2.45, 2.75) is 31.5 Å². The first-order valence-electron chi connectivity index (χ1n) is 8.82. The fourth-order valence-electron chi connectivity index (χ4n) is 3.66. The van der Waals surface area contributed by atoms with E-state index in [1.54, 1.807) is 12.1 Å². The highest BCUT2D eigenvalue weighted by Crippen LogP contribution is 2.30. The Bertz CT molecular complexity index is 759. The van der Waals surface area contributed by atoms with Crippen LogP contribution in [0.5, 0.6) is 5.75 Å². The number of nitrogens with zero attached hydrogens (tertiary/aromatic N) is 2. The van der Waals surface area contributed by atoms with E-state index >= 15 is 0 Å². The van der Waals surface area contributed by atoms with E-state index in [0.717, 1.165) is 12.1 Å². The molecule has 1 unspecified atom stereocenters. The lowest BCUT2D eigenvalue weighted by Crippen LogP contribution is -2.52. The molecule has 0 aliphatic carbocycles. The molecule has 2 fully saturated rings. The quantitative estimate of drug-likeness (QED) is 0.688. The number of benzene rings is 1. The zero-order chi connectivity index (χ0) is 18.3. The molecular formula is C18H21N3O5. The van der Waals surface area contributed by atoms with E-state index in [1.807, 2.05) is 6.07 Å². The number of hydrogen-bond acceptors (Lipinski definition) is 6. The molecule has 1 aromatic carbocycles. The molecule has 3 heterocycles. The predicted molar refractivity (Wildman–Crippen MR) is 90.4 cm³/mol. The Morgan fingerprint density at radius 3 is 2.77 bits per heavy atom. The average Bonchev–Trinajstić information content (AvgIpc) is 2.89. The second kappa shape index (κ2) is 6.69. The summed E-state index contributed by atoms with van der Waals surface area (Å²) in [5.41, 5.74) is 1.41. The van der Waals surface area contributed by atoms with Gasteiger partial charge >= 0.3 is 0 Å². The number of imide groups is 1. The maximum absolute atomic E-state index is 12.6. The third kappa shape index (κ3) is 3.17. The van der Waals surface area contributed by atoms with Crippen LogP contribution in [0.25, 0.3) is 0 Å². The number of nitrogens with one attached hydrogen (secondary N) is 1. The fourth-order valence-corrected chi connectivity index (χ4v) is 3.66. The van der Waals surface area contributed by atoms with E-state index in [4.69, 9.17) is 4.74 Å². The van der Waals surface area contributed by atoms with Crippen LogP contribution in [0.2, 0.25) is 0 Å². The van der Waals surface area contributed by atoms with E-state index in [0.29, 0.717) is 44.0 Å². The van der Waals surface area contributed by atoms with Crippen LogP contribution in [0.4, 0.5) is 0 Å². The molecule has 0 bridgehead atoms. The summed E-state index contributed by atoms with van der Waals surface area (Å²) in [6, 6.07) is 4.72. The van der Waals surface area contributed by atoms with Crippen molar-refractivity contribution in [3.05, 3.63) is 29.3 Å². The molecule has 0 spiro atoms. The number of aliphatic hydroxyl groups excluding tert-OH is 1. The Labute approximate surface area is 150 Å². The van der Waals surface area contributed by atoms with Gasteiger partial charge in [-0.2, -0.15) is 0 Å². The van der Waals surface area contributed by atoms with Crippen molar-refractivity contribution in [2.75, 3.05) is 26.2 Å². The topological polar surface area (TPSA) is 99.2 Å². The number of fused-ring (bicyclic) bond motifs is 1. The minimum absolute atomic E-state index is 0.185. The summed E-state index contributed by atoms with van der Waals surface area (Å²) in [6.07, 6.45) is 0.380. The molecule has 0 radical (unpaired) electrons. The highest BCUT2D eigenvalue weighted by molar-refractivity contribution is 6.05. The number of β-amino-alcohol motifs (C(OH)–C–C–N with tert-alkyl or cyclic N) is 1. The minimum Gasteiger partial charge on any atom is -0.492 e. The van der Waals surface area contributed by atoms with Gasteiger partial charge in [-0.15, -0.1) is 0 Å². The predicted octanol–water partition coefficient (Wildman–Crippen LogP) is -0.497. The number of carbonyl (C=O) groups excluding carboxylic acids is 3. The Balaban J connectivity index is 1.38. The van der Waals surface area contributed by atoms with E-state index in [2.05, 4.69) is 10.2 Å². The number of carbonyl (C=O) groups is 3. The largest absolute Gasteiger partial charge is 0.492 e. The molecule has 4 rings (SSSR count). The van der Waals surface area contributed by atoms with Gasteiger partial charge in [0.25, 0.3) is 5.91 Å². The van der Waals surface area contributed by atoms with E-state index in [1.165, 1.54) is 4.90 Å². The van der Waals surface area contributed by atoms with Gasteiger partial charge in [-0.25, -0.2) is 0 Å². The molecule has 1 atom stereocenters. The summed E-state index contributed by atoms with van der Waals surface area (Å²) < 4.78 is 5.75. The number of amides is 3. The third-order valence-corrected chi connectivity index (χ3v) is 5.11. The van der Waals surface area contributed by atoms with Gasteiger partial charge in [-0.3, -0.25) is 24.6 Å². The molecule has 3 aliphatic rings. The standard InChI is InChI=1S/C18H21N3O5/c22-12-9-20(10-12)5-6-26-13-1-2-14-11(7-13)8-21(18(14)25)15-3-4-16(23)19-17(15)24/h1-2,7,12,15,22H,3-6,8-10H2,(H,19,23,24). The lowest BCUT2D eigenvalue weighted by molar-refractivity contribution is -0.136. The van der Waals surface area contributed by atoms with Crippen LogP contribution in [0.1, 0.15) is 28.8 Å². The zero-order valence-corrected chi connectivity index (χ0v) is 14.3. The molecule has 0 saturated carbocycles. The zero-order valence-electron chi connectivity index (χ0n) is 14.3. The summed E-state index contributed by atoms with van der Waals surface area (Å²) in [5, 5.41) is 11.6. The summed E-state index contributed by atoms with van der Waals surface area (Å²) in [6.45, 7) is 2.97. The lowest BCUT2D eigenvalue weighted by atomic mass is 10.0. The minimum atomic E-state index is -0.602. The highest BCUT2D eigenvalue weighted by Gasteiger charge is 2.39. The lowest BCUT2D eigenvalue weighted by Gasteiger charge is -2.35. The average molecular weight is 359 g/mol. The molecule has 3 aliphatic heterocycles. The van der Waals surface area contributed by atoms with Crippen LogP contribution in [0.15, 0.2) is 18.2 Å². The van der Waals surface area contributed by atoms with Crippen molar-refractivity contribution >= 4 is 17.7 Å². The molecule has 2 saturated heterocycles. The Morgan fingerprint density at radius 1 is 1.23 bits per heavy atom. The van der Waals surface area contributed by atoms with Crippen LogP contribution < -0.4 is 10.1 Å². The number of hydrogen-bond donors (Lipinski definition) is 2. The molecule has 0 aromatic heterocycles. The van der Waals surface area contributed by atoms with Gasteiger partial charge in [0, 0.05) is 38.2 Å². The van der Waals surface area contributed by atoms with Crippen LogP contribution in [-0.2, 0) is 16.1 Å². The first-order valence-corrected chi connectivity index (χ1v) is 8.82. The molecule has 138 valence electrons. The van der Waals surface area contributed by atoms with Gasteiger partial charge in [0.2, 0.25) is 11.8 Å². The second-order valence-corrected chi connectivity index (χ2v) is 6.98. The third-order valence-electron chi connectivity index (χ3n) is 5.11. The number of ether oxygens (including phenoxy) is 1. The maximum atomic E-state index is 12.6. The van der Waals surface area contributed by atoms with Crippen molar-refractivity contribution in [3.8, 4) is 5.75 Å². The van der Waals surface area contributed by atoms with E-state index < -0.39 is 11.9 Å². The van der Waals surface area contributed by atoms with Crippen molar-refractivity contribution < 1.29 is 24.2 Å². The summed E-state index contributed by atoms with van der Waals surface area (Å²) in [7, 11) is 0. The van der Waals surface area contributed by atoms with Gasteiger partial charge in [0.15, 0.2) is 0 Å². The van der Waals surface area contributed by atoms with Gasteiger partial charge in [0.1, 0.15) is 18.4 Å². The number of rotatable bonds is 5. The summed E-state index contributed by atoms with van der Waals surface area (Å²) in [5.74, 6) is -0.199. The smallest absolute Gasteiger partial charge is 0.255 e. The molecular weight excluding hydrogens is 338 g/mol. The Morgan fingerprint density at radius 2 is 2.04 bits per heavy atom. The highest BCUT2D eigenvalue weighted by atomic mass is 16.5. The van der Waals surface area contributed by atoms with Crippen LogP contribution in [0, 0.1) is 0 Å². The van der Waals surface area contributed by atoms with Crippen molar-refractivity contribution in [1.29, 1.82) is 0 Å².